The van der Waals surface area contributed by atoms with E-state index in [0.717, 1.165) is 0 Å². The first-order chi connectivity index (χ1) is 20.2. The molecular formula is C39H77N2+. The molecule has 0 amide bonds. The highest BCUT2D eigenvalue weighted by Gasteiger charge is 2.25. The van der Waals surface area contributed by atoms with E-state index in [9.17, 15) is 0 Å². The highest BCUT2D eigenvalue weighted by Crippen LogP contribution is 2.27. The topological polar surface area (TPSA) is 19.7 Å². The largest absolute Gasteiger partial charge is 0.257 e. The third-order valence-corrected chi connectivity index (χ3v) is 9.64. The van der Waals surface area contributed by atoms with E-state index in [1.165, 1.54) is 198 Å². The molecule has 1 aromatic rings. The van der Waals surface area contributed by atoms with Crippen molar-refractivity contribution >= 4 is 0 Å². The van der Waals surface area contributed by atoms with E-state index in [2.05, 4.69) is 49.6 Å². The van der Waals surface area contributed by atoms with Crippen LogP contribution in [0.25, 0.3) is 0 Å². The molecule has 0 saturated heterocycles. The van der Waals surface area contributed by atoms with E-state index in [4.69, 9.17) is 0 Å². The minimum absolute atomic E-state index is 0.620. The van der Waals surface area contributed by atoms with Gasteiger partial charge in [0.2, 0.25) is 0 Å². The van der Waals surface area contributed by atoms with Gasteiger partial charge in [0, 0.05) is 0 Å². The number of rotatable bonds is 32. The molecule has 0 aliphatic heterocycles. The number of aromatic amines is 1. The summed E-state index contributed by atoms with van der Waals surface area (Å²) in [5.74, 6) is 2.23. The van der Waals surface area contributed by atoms with E-state index in [1.807, 2.05) is 0 Å². The molecule has 0 aliphatic rings. The Morgan fingerprint density at radius 1 is 0.463 bits per heavy atom. The molecule has 1 N–H and O–H groups in total. The molecule has 41 heavy (non-hydrogen) atoms. The molecule has 1 aromatic heterocycles. The second-order valence-electron chi connectivity index (χ2n) is 13.6. The Labute approximate surface area is 259 Å². The van der Waals surface area contributed by atoms with Crippen LogP contribution in [-0.2, 0) is 0 Å². The lowest BCUT2D eigenvalue weighted by molar-refractivity contribution is -0.727. The number of aromatic nitrogens is 2. The van der Waals surface area contributed by atoms with Crippen molar-refractivity contribution in [3.05, 3.63) is 18.2 Å². The van der Waals surface area contributed by atoms with Crippen LogP contribution in [0, 0.1) is 0 Å². The molecule has 1 heterocycles. The van der Waals surface area contributed by atoms with Crippen molar-refractivity contribution in [2.24, 2.45) is 0 Å². The molecule has 0 fully saturated rings. The molecule has 0 saturated carbocycles. The lowest BCUT2D eigenvalue weighted by Crippen LogP contribution is -2.41. The third kappa shape index (κ3) is 21.5. The average Bonchev–Trinajstić information content (AvgIpc) is 3.47. The molecule has 1 rings (SSSR count). The molecule has 0 aromatic carbocycles. The standard InChI is InChI=1S/C39H76N2/c1-5-8-11-13-15-17-19-20-21-23-24-26-28-30-32-37(4)41-36-35-40-39(41)38(33-10-7-3)34-31-29-27-25-22-18-16-14-12-9-6-2/h35-38H,5-34H2,1-4H3/p+1. The van der Waals surface area contributed by atoms with Crippen LogP contribution in [0.5, 0.6) is 0 Å². The summed E-state index contributed by atoms with van der Waals surface area (Å²) in [4.78, 5) is 3.70. The number of unbranched alkanes of at least 4 members (excludes halogenated alkanes) is 24. The molecule has 2 unspecified atom stereocenters. The fourth-order valence-corrected chi connectivity index (χ4v) is 6.77. The summed E-state index contributed by atoms with van der Waals surface area (Å²) in [6.45, 7) is 9.42. The Balaban J connectivity index is 2.19. The van der Waals surface area contributed by atoms with Crippen molar-refractivity contribution in [3.63, 3.8) is 0 Å². The van der Waals surface area contributed by atoms with Crippen LogP contribution in [-0.4, -0.2) is 4.98 Å². The molecule has 2 atom stereocenters. The summed E-state index contributed by atoms with van der Waals surface area (Å²) in [6, 6.07) is 0.620. The maximum Gasteiger partial charge on any atom is 0.257 e. The molecule has 242 valence electrons. The van der Waals surface area contributed by atoms with Crippen LogP contribution in [0.1, 0.15) is 238 Å². The maximum atomic E-state index is 3.70. The number of nitrogens with one attached hydrogen (secondary N) is 1. The highest BCUT2D eigenvalue weighted by atomic mass is 15.1. The van der Waals surface area contributed by atoms with Crippen molar-refractivity contribution in [2.45, 2.75) is 232 Å². The number of hydrogen-bond acceptors (Lipinski definition) is 0. The van der Waals surface area contributed by atoms with E-state index in [0.29, 0.717) is 12.0 Å². The van der Waals surface area contributed by atoms with Gasteiger partial charge in [0.25, 0.3) is 5.82 Å². The van der Waals surface area contributed by atoms with Gasteiger partial charge in [-0.25, -0.2) is 9.55 Å². The van der Waals surface area contributed by atoms with Gasteiger partial charge in [-0.1, -0.05) is 188 Å². The first kappa shape index (κ1) is 38.2. The number of imidazole rings is 1. The smallest absolute Gasteiger partial charge is 0.247 e. The summed E-state index contributed by atoms with van der Waals surface area (Å²) < 4.78 is 2.61. The first-order valence-electron chi connectivity index (χ1n) is 19.3. The lowest BCUT2D eigenvalue weighted by Gasteiger charge is -2.17. The zero-order valence-electron chi connectivity index (χ0n) is 29.0. The van der Waals surface area contributed by atoms with E-state index in [-0.39, 0.29) is 0 Å². The average molecular weight is 574 g/mol. The van der Waals surface area contributed by atoms with Gasteiger partial charge < -0.3 is 0 Å². The van der Waals surface area contributed by atoms with Crippen LogP contribution in [0.3, 0.4) is 0 Å². The minimum Gasteiger partial charge on any atom is -0.247 e. The van der Waals surface area contributed by atoms with E-state index < -0.39 is 0 Å². The Morgan fingerprint density at radius 3 is 1.22 bits per heavy atom. The van der Waals surface area contributed by atoms with Gasteiger partial charge in [-0.05, 0) is 32.6 Å². The van der Waals surface area contributed by atoms with Crippen molar-refractivity contribution in [1.29, 1.82) is 0 Å². The van der Waals surface area contributed by atoms with Crippen molar-refractivity contribution in [1.82, 2.24) is 4.98 Å². The van der Waals surface area contributed by atoms with Gasteiger partial charge in [0.1, 0.15) is 12.4 Å². The first-order valence-corrected chi connectivity index (χ1v) is 19.3. The van der Waals surface area contributed by atoms with Crippen molar-refractivity contribution in [3.8, 4) is 0 Å². The quantitative estimate of drug-likeness (QED) is 0.0653. The third-order valence-electron chi connectivity index (χ3n) is 9.64. The van der Waals surface area contributed by atoms with Crippen molar-refractivity contribution < 1.29 is 4.57 Å². The number of hydrogen-bond donors (Lipinski definition) is 1. The molecular weight excluding hydrogens is 496 g/mol. The molecule has 0 spiro atoms. The van der Waals surface area contributed by atoms with Crippen LogP contribution in [0.4, 0.5) is 0 Å². The van der Waals surface area contributed by atoms with Gasteiger partial charge in [-0.15, -0.1) is 0 Å². The lowest BCUT2D eigenvalue weighted by atomic mass is 9.93. The van der Waals surface area contributed by atoms with Gasteiger partial charge in [-0.2, -0.15) is 0 Å². The molecule has 0 bridgehead atoms. The zero-order valence-corrected chi connectivity index (χ0v) is 29.0. The van der Waals surface area contributed by atoms with Gasteiger partial charge in [0.15, 0.2) is 0 Å². The summed E-state index contributed by atoms with van der Waals surface area (Å²) in [5.41, 5.74) is 0. The van der Waals surface area contributed by atoms with Crippen LogP contribution in [0.2, 0.25) is 0 Å². The Bertz CT molecular complexity index is 635. The van der Waals surface area contributed by atoms with E-state index in [1.54, 1.807) is 0 Å². The summed E-state index contributed by atoms with van der Waals surface area (Å²) in [5, 5.41) is 0. The Hall–Kier alpha value is -0.790. The molecule has 0 aliphatic carbocycles. The fourth-order valence-electron chi connectivity index (χ4n) is 6.77. The molecule has 2 nitrogen and oxygen atoms in total. The van der Waals surface area contributed by atoms with Crippen LogP contribution in [0.15, 0.2) is 12.4 Å². The summed E-state index contributed by atoms with van der Waals surface area (Å²) in [6.07, 6.45) is 47.3. The fraction of sp³-hybridized carbons (Fsp3) is 0.923. The summed E-state index contributed by atoms with van der Waals surface area (Å²) in [7, 11) is 0. The second-order valence-corrected chi connectivity index (χ2v) is 13.6. The zero-order chi connectivity index (χ0) is 29.6. The normalized spacial score (nSPS) is 13.2. The Morgan fingerprint density at radius 2 is 0.805 bits per heavy atom. The monoisotopic (exact) mass is 574 g/mol. The minimum atomic E-state index is 0.620. The molecule has 2 heteroatoms. The Kier molecular flexibility index (Phi) is 27.3. The highest BCUT2D eigenvalue weighted by molar-refractivity contribution is 4.90. The van der Waals surface area contributed by atoms with E-state index >= 15 is 0 Å². The van der Waals surface area contributed by atoms with Crippen LogP contribution < -0.4 is 4.57 Å². The van der Waals surface area contributed by atoms with Gasteiger partial charge >= 0.3 is 0 Å². The van der Waals surface area contributed by atoms with Gasteiger partial charge in [-0.3, -0.25) is 0 Å². The van der Waals surface area contributed by atoms with Gasteiger partial charge in [0.05, 0.1) is 12.0 Å². The molecule has 0 radical (unpaired) electrons. The number of H-pyrrole nitrogens is 1. The maximum absolute atomic E-state index is 3.70. The predicted octanol–water partition coefficient (Wildman–Crippen LogP) is 13.7. The summed E-state index contributed by atoms with van der Waals surface area (Å²) >= 11 is 0. The van der Waals surface area contributed by atoms with Crippen molar-refractivity contribution in [2.75, 3.05) is 0 Å². The number of nitrogens with zero attached hydrogens (tertiary/aromatic N) is 1. The predicted molar refractivity (Wildman–Crippen MR) is 184 cm³/mol. The van der Waals surface area contributed by atoms with Crippen LogP contribution >= 0.6 is 0 Å². The second kappa shape index (κ2) is 29.3. The SMILES string of the molecule is CCCCCCCCCCCCCCCCC(C)[n+]1cc[nH]c1C(CCCC)CCCCCCCCCCCCC.